The first-order valence-electron chi connectivity index (χ1n) is 6.04. The van der Waals surface area contributed by atoms with Crippen molar-refractivity contribution in [2.75, 3.05) is 19.0 Å². The monoisotopic (exact) mass is 237 g/mol. The van der Waals surface area contributed by atoms with E-state index in [1.54, 1.807) is 7.11 Å². The largest absolute Gasteiger partial charge is 0.494 e. The fraction of sp³-hybridized carbons (Fsp3) is 0.571. The van der Waals surface area contributed by atoms with Crippen molar-refractivity contribution in [2.45, 2.75) is 39.3 Å². The van der Waals surface area contributed by atoms with Crippen LogP contribution in [0.15, 0.2) is 24.3 Å². The summed E-state index contributed by atoms with van der Waals surface area (Å²) >= 11 is 0. The summed E-state index contributed by atoms with van der Waals surface area (Å²) in [5.74, 6) is 0.889. The van der Waals surface area contributed by atoms with Gasteiger partial charge in [-0.3, -0.25) is 0 Å². The maximum absolute atomic E-state index is 5.47. The number of nitrogens with one attached hydrogen (secondary N) is 1. The molecule has 0 aliphatic carbocycles. The highest BCUT2D eigenvalue weighted by molar-refractivity contribution is 5.49. The quantitative estimate of drug-likeness (QED) is 0.823. The van der Waals surface area contributed by atoms with E-state index in [2.05, 4.69) is 26.1 Å². The van der Waals surface area contributed by atoms with Crippen molar-refractivity contribution in [3.63, 3.8) is 0 Å². The molecular weight excluding hydrogens is 214 g/mol. The van der Waals surface area contributed by atoms with Crippen LogP contribution < -0.4 is 10.1 Å². The van der Waals surface area contributed by atoms with Gasteiger partial charge < -0.3 is 14.8 Å². The Morgan fingerprint density at radius 1 is 1.35 bits per heavy atom. The molecule has 1 rings (SSSR count). The molecule has 96 valence electrons. The molecule has 0 aliphatic rings. The minimum Gasteiger partial charge on any atom is -0.494 e. The van der Waals surface area contributed by atoms with Crippen LogP contribution in [0, 0.1) is 0 Å². The van der Waals surface area contributed by atoms with Crippen LogP contribution in [0.2, 0.25) is 0 Å². The molecule has 0 heterocycles. The smallest absolute Gasteiger partial charge is 0.121 e. The van der Waals surface area contributed by atoms with Crippen molar-refractivity contribution in [3.05, 3.63) is 24.3 Å². The van der Waals surface area contributed by atoms with Crippen molar-refractivity contribution < 1.29 is 9.47 Å². The number of hydrogen-bond donors (Lipinski definition) is 1. The molecule has 0 saturated heterocycles. The van der Waals surface area contributed by atoms with Gasteiger partial charge in [-0.05, 0) is 39.8 Å². The van der Waals surface area contributed by atoms with Crippen molar-refractivity contribution >= 4 is 5.69 Å². The summed E-state index contributed by atoms with van der Waals surface area (Å²) in [4.78, 5) is 0. The lowest BCUT2D eigenvalue weighted by atomic mass is 10.00. The summed E-state index contributed by atoms with van der Waals surface area (Å²) in [6.45, 7) is 8.91. The van der Waals surface area contributed by atoms with Crippen LogP contribution >= 0.6 is 0 Å². The van der Waals surface area contributed by atoms with Crippen LogP contribution in [-0.4, -0.2) is 25.4 Å². The molecular formula is C14H23NO2. The number of benzene rings is 1. The molecule has 1 aromatic carbocycles. The van der Waals surface area contributed by atoms with Crippen LogP contribution in [0.5, 0.6) is 5.75 Å². The first-order chi connectivity index (χ1) is 7.99. The van der Waals surface area contributed by atoms with E-state index in [1.165, 1.54) is 0 Å². The van der Waals surface area contributed by atoms with Gasteiger partial charge in [0, 0.05) is 18.9 Å². The minimum atomic E-state index is -0.207. The predicted octanol–water partition coefficient (Wildman–Crippen LogP) is 3.31. The molecule has 1 aromatic rings. The van der Waals surface area contributed by atoms with E-state index in [4.69, 9.17) is 9.47 Å². The first kappa shape index (κ1) is 13.8. The molecule has 0 radical (unpaired) electrons. The van der Waals surface area contributed by atoms with Gasteiger partial charge in [0.1, 0.15) is 5.75 Å². The SMILES string of the molecule is CCOc1cccc(NC(C)C(C)(C)OC)c1. The highest BCUT2D eigenvalue weighted by Gasteiger charge is 2.24. The molecule has 0 aliphatic heterocycles. The van der Waals surface area contributed by atoms with Crippen LogP contribution in [0.3, 0.4) is 0 Å². The van der Waals surface area contributed by atoms with E-state index in [-0.39, 0.29) is 11.6 Å². The molecule has 0 saturated carbocycles. The second-order valence-electron chi connectivity index (χ2n) is 4.63. The van der Waals surface area contributed by atoms with Crippen LogP contribution in [0.25, 0.3) is 0 Å². The number of hydrogen-bond acceptors (Lipinski definition) is 3. The molecule has 3 nitrogen and oxygen atoms in total. The van der Waals surface area contributed by atoms with Gasteiger partial charge in [0.2, 0.25) is 0 Å². The van der Waals surface area contributed by atoms with Crippen molar-refractivity contribution in [3.8, 4) is 5.75 Å². The lowest BCUT2D eigenvalue weighted by molar-refractivity contribution is 0.0107. The third-order valence-electron chi connectivity index (χ3n) is 3.10. The maximum atomic E-state index is 5.47. The molecule has 1 atom stereocenters. The third kappa shape index (κ3) is 3.93. The van der Waals surface area contributed by atoms with Gasteiger partial charge in [0.05, 0.1) is 18.2 Å². The Kier molecular flexibility index (Phi) is 4.82. The molecule has 0 fully saturated rings. The average Bonchev–Trinajstić information content (AvgIpc) is 2.30. The van der Waals surface area contributed by atoms with Gasteiger partial charge >= 0.3 is 0 Å². The fourth-order valence-electron chi connectivity index (χ4n) is 1.44. The summed E-state index contributed by atoms with van der Waals surface area (Å²) in [5, 5.41) is 3.43. The van der Waals surface area contributed by atoms with Crippen LogP contribution in [0.4, 0.5) is 5.69 Å². The zero-order chi connectivity index (χ0) is 12.9. The zero-order valence-electron chi connectivity index (χ0n) is 11.4. The Balaban J connectivity index is 2.71. The molecule has 1 unspecified atom stereocenters. The van der Waals surface area contributed by atoms with E-state index in [0.717, 1.165) is 11.4 Å². The third-order valence-corrected chi connectivity index (χ3v) is 3.10. The number of ether oxygens (including phenoxy) is 2. The van der Waals surface area contributed by atoms with Gasteiger partial charge in [0.15, 0.2) is 0 Å². The Morgan fingerprint density at radius 3 is 2.65 bits per heavy atom. The second-order valence-corrected chi connectivity index (χ2v) is 4.63. The molecule has 0 amide bonds. The highest BCUT2D eigenvalue weighted by Crippen LogP contribution is 2.22. The van der Waals surface area contributed by atoms with E-state index >= 15 is 0 Å². The molecule has 0 bridgehead atoms. The summed E-state index contributed by atoms with van der Waals surface area (Å²) in [5.41, 5.74) is 0.843. The van der Waals surface area contributed by atoms with Crippen molar-refractivity contribution in [1.29, 1.82) is 0 Å². The standard InChI is InChI=1S/C14H23NO2/c1-6-17-13-9-7-8-12(10-13)15-11(2)14(3,4)16-5/h7-11,15H,6H2,1-5H3. The number of methoxy groups -OCH3 is 1. The average molecular weight is 237 g/mol. The molecule has 3 heteroatoms. The molecule has 17 heavy (non-hydrogen) atoms. The second kappa shape index (κ2) is 5.92. The van der Waals surface area contributed by atoms with E-state index in [9.17, 15) is 0 Å². The lowest BCUT2D eigenvalue weighted by Gasteiger charge is -2.31. The predicted molar refractivity (Wildman–Crippen MR) is 71.8 cm³/mol. The maximum Gasteiger partial charge on any atom is 0.121 e. The van der Waals surface area contributed by atoms with Gasteiger partial charge in [-0.15, -0.1) is 0 Å². The van der Waals surface area contributed by atoms with Gasteiger partial charge in [0.25, 0.3) is 0 Å². The lowest BCUT2D eigenvalue weighted by Crippen LogP contribution is -2.41. The number of rotatable bonds is 6. The van der Waals surface area contributed by atoms with E-state index < -0.39 is 0 Å². The molecule has 1 N–H and O–H groups in total. The van der Waals surface area contributed by atoms with E-state index in [1.807, 2.05) is 31.2 Å². The zero-order valence-corrected chi connectivity index (χ0v) is 11.4. The van der Waals surface area contributed by atoms with Gasteiger partial charge in [-0.25, -0.2) is 0 Å². The highest BCUT2D eigenvalue weighted by atomic mass is 16.5. The Morgan fingerprint density at radius 2 is 2.06 bits per heavy atom. The normalized spacial score (nSPS) is 13.2. The first-order valence-corrected chi connectivity index (χ1v) is 6.04. The van der Waals surface area contributed by atoms with Crippen LogP contribution in [0.1, 0.15) is 27.7 Å². The Hall–Kier alpha value is -1.22. The molecule has 0 aromatic heterocycles. The Bertz CT molecular complexity index is 350. The summed E-state index contributed by atoms with van der Waals surface area (Å²) in [7, 11) is 1.73. The molecule has 0 spiro atoms. The number of anilines is 1. The Labute approximate surface area is 104 Å². The van der Waals surface area contributed by atoms with Gasteiger partial charge in [-0.2, -0.15) is 0 Å². The van der Waals surface area contributed by atoms with Crippen molar-refractivity contribution in [2.24, 2.45) is 0 Å². The van der Waals surface area contributed by atoms with Crippen molar-refractivity contribution in [1.82, 2.24) is 0 Å². The van der Waals surface area contributed by atoms with E-state index in [0.29, 0.717) is 6.61 Å². The summed E-state index contributed by atoms with van der Waals surface area (Å²) in [6.07, 6.45) is 0. The van der Waals surface area contributed by atoms with Crippen LogP contribution in [-0.2, 0) is 4.74 Å². The minimum absolute atomic E-state index is 0.207. The van der Waals surface area contributed by atoms with Gasteiger partial charge in [-0.1, -0.05) is 6.07 Å². The fourth-order valence-corrected chi connectivity index (χ4v) is 1.44. The summed E-state index contributed by atoms with van der Waals surface area (Å²) < 4.78 is 10.9. The summed E-state index contributed by atoms with van der Waals surface area (Å²) in [6, 6.07) is 8.20. The topological polar surface area (TPSA) is 30.5 Å².